The van der Waals surface area contributed by atoms with E-state index in [9.17, 15) is 0 Å². The van der Waals surface area contributed by atoms with Crippen molar-refractivity contribution in [3.8, 4) is 23.1 Å². The Balaban J connectivity index is 1.53. The average molecular weight is 429 g/mol. The van der Waals surface area contributed by atoms with E-state index >= 15 is 0 Å². The summed E-state index contributed by atoms with van der Waals surface area (Å²) in [6.45, 7) is 5.16. The van der Waals surface area contributed by atoms with Gasteiger partial charge in [-0.25, -0.2) is 9.97 Å². The maximum absolute atomic E-state index is 9.11. The van der Waals surface area contributed by atoms with Crippen LogP contribution >= 0.6 is 0 Å². The first kappa shape index (κ1) is 20.2. The number of pyridine rings is 2. The fraction of sp³-hybridized carbons (Fsp3) is 0.348. The molecule has 0 saturated carbocycles. The molecule has 0 spiro atoms. The Bertz CT molecular complexity index is 1290. The number of hydrogen-bond donors (Lipinski definition) is 2. The molecule has 1 saturated heterocycles. The number of rotatable bonds is 5. The lowest BCUT2D eigenvalue weighted by molar-refractivity contribution is 0.305. The van der Waals surface area contributed by atoms with Crippen molar-refractivity contribution in [1.29, 1.82) is 5.26 Å². The molecule has 162 valence electrons. The molecule has 0 aliphatic carbocycles. The van der Waals surface area contributed by atoms with Crippen LogP contribution in [0.3, 0.4) is 0 Å². The fourth-order valence-electron chi connectivity index (χ4n) is 4.02. The molecule has 9 nitrogen and oxygen atoms in total. The van der Waals surface area contributed by atoms with Crippen LogP contribution in [-0.4, -0.2) is 37.5 Å². The molecule has 1 atom stereocenters. The Kier molecular flexibility index (Phi) is 5.29. The van der Waals surface area contributed by atoms with Gasteiger partial charge in [0.05, 0.1) is 17.8 Å². The molecule has 5 rings (SSSR count). The first-order chi connectivity index (χ1) is 15.6. The van der Waals surface area contributed by atoms with Gasteiger partial charge in [0.2, 0.25) is 0 Å². The number of nitriles is 1. The summed E-state index contributed by atoms with van der Waals surface area (Å²) in [5, 5.41) is 25.7. The number of hydrogen-bond acceptors (Lipinski definition) is 8. The van der Waals surface area contributed by atoms with Crippen LogP contribution in [0.25, 0.3) is 28.1 Å². The van der Waals surface area contributed by atoms with Gasteiger partial charge in [0, 0.05) is 47.2 Å². The smallest absolute Gasteiger partial charge is 0.164 e. The van der Waals surface area contributed by atoms with Crippen LogP contribution in [0.5, 0.6) is 0 Å². The van der Waals surface area contributed by atoms with Gasteiger partial charge >= 0.3 is 0 Å². The number of nitrogens with one attached hydrogen (secondary N) is 2. The normalized spacial score (nSPS) is 16.4. The lowest BCUT2D eigenvalue weighted by Gasteiger charge is -2.20. The van der Waals surface area contributed by atoms with E-state index in [-0.39, 0.29) is 12.1 Å². The van der Waals surface area contributed by atoms with Gasteiger partial charge in [0.15, 0.2) is 17.2 Å². The van der Waals surface area contributed by atoms with Crippen LogP contribution in [0.15, 0.2) is 41.3 Å². The van der Waals surface area contributed by atoms with Crippen molar-refractivity contribution in [3.05, 3.63) is 48.1 Å². The zero-order valence-corrected chi connectivity index (χ0v) is 18.0. The molecule has 32 heavy (non-hydrogen) atoms. The SMILES string of the molecule is CC(C)Nc1cc(-n2ncc3cc(C#N)cnc32)ncc1-c1cc(C2CCCCN2)on1. The average Bonchev–Trinajstić information content (AvgIpc) is 3.46. The first-order valence-corrected chi connectivity index (χ1v) is 10.8. The van der Waals surface area contributed by atoms with E-state index in [1.54, 1.807) is 29.3 Å². The summed E-state index contributed by atoms with van der Waals surface area (Å²) in [6.07, 6.45) is 8.45. The summed E-state index contributed by atoms with van der Waals surface area (Å²) in [5.41, 5.74) is 3.64. The van der Waals surface area contributed by atoms with Crippen LogP contribution in [-0.2, 0) is 0 Å². The van der Waals surface area contributed by atoms with Crippen molar-refractivity contribution in [2.45, 2.75) is 45.2 Å². The van der Waals surface area contributed by atoms with Crippen LogP contribution < -0.4 is 10.6 Å². The molecule has 1 fully saturated rings. The second kappa shape index (κ2) is 8.40. The molecule has 9 heteroatoms. The highest BCUT2D eigenvalue weighted by Crippen LogP contribution is 2.32. The maximum atomic E-state index is 9.11. The van der Waals surface area contributed by atoms with Gasteiger partial charge in [-0.15, -0.1) is 0 Å². The van der Waals surface area contributed by atoms with E-state index in [0.29, 0.717) is 17.0 Å². The van der Waals surface area contributed by atoms with Crippen LogP contribution in [0.2, 0.25) is 0 Å². The Morgan fingerprint density at radius 1 is 1.19 bits per heavy atom. The van der Waals surface area contributed by atoms with Crippen LogP contribution in [0, 0.1) is 11.3 Å². The van der Waals surface area contributed by atoms with E-state index in [0.717, 1.165) is 41.1 Å². The highest BCUT2D eigenvalue weighted by molar-refractivity contribution is 5.79. The van der Waals surface area contributed by atoms with Crippen molar-refractivity contribution in [3.63, 3.8) is 0 Å². The van der Waals surface area contributed by atoms with Crippen LogP contribution in [0.1, 0.15) is 50.5 Å². The third-order valence-electron chi connectivity index (χ3n) is 5.55. The van der Waals surface area contributed by atoms with Crippen molar-refractivity contribution in [2.75, 3.05) is 11.9 Å². The van der Waals surface area contributed by atoms with Crippen molar-refractivity contribution < 1.29 is 4.52 Å². The molecule has 5 heterocycles. The molecule has 2 N–H and O–H groups in total. The summed E-state index contributed by atoms with van der Waals surface area (Å²) in [7, 11) is 0. The highest BCUT2D eigenvalue weighted by atomic mass is 16.5. The third-order valence-corrected chi connectivity index (χ3v) is 5.55. The van der Waals surface area contributed by atoms with Crippen molar-refractivity contribution in [1.82, 2.24) is 30.2 Å². The second-order valence-corrected chi connectivity index (χ2v) is 8.31. The molecular formula is C23H24N8O. The summed E-state index contributed by atoms with van der Waals surface area (Å²) in [4.78, 5) is 9.04. The summed E-state index contributed by atoms with van der Waals surface area (Å²) in [6, 6.07) is 8.23. The predicted molar refractivity (Wildman–Crippen MR) is 120 cm³/mol. The monoisotopic (exact) mass is 428 g/mol. The highest BCUT2D eigenvalue weighted by Gasteiger charge is 2.21. The molecule has 0 amide bonds. The largest absolute Gasteiger partial charge is 0.382 e. The quantitative estimate of drug-likeness (QED) is 0.490. The number of piperidine rings is 1. The minimum atomic E-state index is 0.207. The Labute approximate surface area is 185 Å². The minimum absolute atomic E-state index is 0.207. The topological polar surface area (TPSA) is 117 Å². The van der Waals surface area contributed by atoms with Crippen molar-refractivity contribution >= 4 is 16.7 Å². The van der Waals surface area contributed by atoms with Gasteiger partial charge in [0.1, 0.15) is 11.8 Å². The van der Waals surface area contributed by atoms with E-state index in [1.807, 2.05) is 12.1 Å². The zero-order valence-electron chi connectivity index (χ0n) is 18.0. The number of nitrogens with zero attached hydrogens (tertiary/aromatic N) is 6. The number of anilines is 1. The van der Waals surface area contributed by atoms with Gasteiger partial charge in [-0.05, 0) is 39.3 Å². The van der Waals surface area contributed by atoms with Crippen LogP contribution in [0.4, 0.5) is 5.69 Å². The van der Waals surface area contributed by atoms with Gasteiger partial charge in [0.25, 0.3) is 0 Å². The van der Waals surface area contributed by atoms with E-state index < -0.39 is 0 Å². The standard InChI is InChI=1S/C23H24N8O/c1-14(2)29-19-9-22(31-23-16(12-28-31)7-15(10-24)11-27-23)26-13-17(19)20-8-21(32-30-20)18-5-3-4-6-25-18/h7-9,11-14,18,25H,3-6H2,1-2H3,(H,26,29). The molecule has 0 radical (unpaired) electrons. The molecule has 4 aromatic heterocycles. The molecular weight excluding hydrogens is 404 g/mol. The second-order valence-electron chi connectivity index (χ2n) is 8.31. The van der Waals surface area contributed by atoms with E-state index in [1.165, 1.54) is 12.8 Å². The zero-order chi connectivity index (χ0) is 22.1. The summed E-state index contributed by atoms with van der Waals surface area (Å²) in [5.74, 6) is 1.48. The van der Waals surface area contributed by atoms with Gasteiger partial charge in [-0.1, -0.05) is 11.6 Å². The molecule has 0 bridgehead atoms. The fourth-order valence-corrected chi connectivity index (χ4v) is 4.02. The molecule has 0 aromatic carbocycles. The van der Waals surface area contributed by atoms with Gasteiger partial charge in [-0.3, -0.25) is 0 Å². The predicted octanol–water partition coefficient (Wildman–Crippen LogP) is 3.98. The minimum Gasteiger partial charge on any atom is -0.382 e. The first-order valence-electron chi connectivity index (χ1n) is 10.8. The Hall–Kier alpha value is -3.77. The molecule has 1 unspecified atom stereocenters. The summed E-state index contributed by atoms with van der Waals surface area (Å²) >= 11 is 0. The molecule has 1 aliphatic rings. The van der Waals surface area contributed by atoms with E-state index in [4.69, 9.17) is 9.78 Å². The van der Waals surface area contributed by atoms with Gasteiger partial charge < -0.3 is 15.2 Å². The molecule has 1 aliphatic heterocycles. The van der Waals surface area contributed by atoms with Gasteiger partial charge in [-0.2, -0.15) is 15.0 Å². The van der Waals surface area contributed by atoms with E-state index in [2.05, 4.69) is 50.8 Å². The lowest BCUT2D eigenvalue weighted by Crippen LogP contribution is -2.26. The Morgan fingerprint density at radius 3 is 2.88 bits per heavy atom. The lowest BCUT2D eigenvalue weighted by atomic mass is 10.0. The number of aromatic nitrogens is 5. The Morgan fingerprint density at radius 2 is 2.09 bits per heavy atom. The summed E-state index contributed by atoms with van der Waals surface area (Å²) < 4.78 is 7.35. The maximum Gasteiger partial charge on any atom is 0.164 e. The third kappa shape index (κ3) is 3.81. The molecule has 4 aromatic rings. The van der Waals surface area contributed by atoms with Crippen molar-refractivity contribution in [2.24, 2.45) is 0 Å². The number of fused-ring (bicyclic) bond motifs is 1.